The van der Waals surface area contributed by atoms with Crippen molar-refractivity contribution in [3.63, 3.8) is 0 Å². The SMILES string of the molecule is COCCNC(=O)c1ccc2c(=O)n(Cc3ccccc3)c(SCC(=O)c3ccc(C)cc3)nc2c1. The van der Waals surface area contributed by atoms with E-state index in [1.54, 1.807) is 42.0 Å². The molecule has 1 N–H and O–H groups in total. The maximum absolute atomic E-state index is 13.5. The van der Waals surface area contributed by atoms with Gasteiger partial charge in [-0.1, -0.05) is 71.9 Å². The predicted octanol–water partition coefficient (Wildman–Crippen LogP) is 4.10. The Hall–Kier alpha value is -3.75. The first kappa shape index (κ1) is 25.3. The molecule has 0 bridgehead atoms. The van der Waals surface area contributed by atoms with Crippen molar-refractivity contribution < 1.29 is 14.3 Å². The minimum Gasteiger partial charge on any atom is -0.383 e. The molecule has 0 aliphatic rings. The van der Waals surface area contributed by atoms with Crippen LogP contribution in [0.4, 0.5) is 0 Å². The summed E-state index contributed by atoms with van der Waals surface area (Å²) in [5.74, 6) is -0.188. The van der Waals surface area contributed by atoms with Gasteiger partial charge in [-0.05, 0) is 30.7 Å². The Labute approximate surface area is 213 Å². The molecule has 1 amide bonds. The van der Waals surface area contributed by atoms with Crippen molar-refractivity contribution in [1.29, 1.82) is 0 Å². The third-order valence-corrected chi connectivity index (χ3v) is 6.64. The average Bonchev–Trinajstić information content (AvgIpc) is 2.90. The average molecular weight is 502 g/mol. The number of Topliss-reactive ketones (excluding diaryl/α,β-unsaturated/α-hetero) is 1. The van der Waals surface area contributed by atoms with E-state index in [1.165, 1.54) is 11.8 Å². The van der Waals surface area contributed by atoms with Crippen molar-refractivity contribution in [1.82, 2.24) is 14.9 Å². The predicted molar refractivity (Wildman–Crippen MR) is 142 cm³/mol. The van der Waals surface area contributed by atoms with Crippen molar-refractivity contribution in [3.05, 3.63) is 105 Å². The van der Waals surface area contributed by atoms with E-state index >= 15 is 0 Å². The summed E-state index contributed by atoms with van der Waals surface area (Å²) >= 11 is 1.22. The Morgan fingerprint density at radius 3 is 2.44 bits per heavy atom. The zero-order chi connectivity index (χ0) is 25.5. The van der Waals surface area contributed by atoms with E-state index in [0.29, 0.717) is 46.9 Å². The molecule has 0 saturated heterocycles. The fraction of sp³-hybridized carbons (Fsp3) is 0.214. The monoisotopic (exact) mass is 501 g/mol. The molecule has 0 fully saturated rings. The number of amides is 1. The van der Waals surface area contributed by atoms with Gasteiger partial charge in [0.25, 0.3) is 11.5 Å². The Bertz CT molecular complexity index is 1430. The van der Waals surface area contributed by atoms with Crippen LogP contribution >= 0.6 is 11.8 Å². The summed E-state index contributed by atoms with van der Waals surface area (Å²) in [4.78, 5) is 43.6. The first-order valence-electron chi connectivity index (χ1n) is 11.5. The maximum Gasteiger partial charge on any atom is 0.262 e. The van der Waals surface area contributed by atoms with E-state index in [0.717, 1.165) is 11.1 Å². The number of ketones is 1. The van der Waals surface area contributed by atoms with Gasteiger partial charge in [0.15, 0.2) is 10.9 Å². The van der Waals surface area contributed by atoms with Gasteiger partial charge in [-0.3, -0.25) is 19.0 Å². The van der Waals surface area contributed by atoms with Crippen molar-refractivity contribution in [2.24, 2.45) is 0 Å². The normalized spacial score (nSPS) is 10.9. The number of methoxy groups -OCH3 is 1. The Morgan fingerprint density at radius 1 is 1.00 bits per heavy atom. The molecule has 0 saturated carbocycles. The molecule has 0 aliphatic heterocycles. The molecule has 4 rings (SSSR count). The van der Waals surface area contributed by atoms with E-state index < -0.39 is 0 Å². The van der Waals surface area contributed by atoms with Gasteiger partial charge in [-0.2, -0.15) is 0 Å². The molecule has 36 heavy (non-hydrogen) atoms. The third-order valence-electron chi connectivity index (χ3n) is 5.66. The number of aromatic nitrogens is 2. The number of benzene rings is 3. The number of hydrogen-bond donors (Lipinski definition) is 1. The Morgan fingerprint density at radius 2 is 1.72 bits per heavy atom. The van der Waals surface area contributed by atoms with Gasteiger partial charge in [0.1, 0.15) is 0 Å². The van der Waals surface area contributed by atoms with Crippen molar-refractivity contribution >= 4 is 34.4 Å². The highest BCUT2D eigenvalue weighted by Gasteiger charge is 2.16. The molecule has 3 aromatic carbocycles. The molecule has 0 aliphatic carbocycles. The molecule has 8 heteroatoms. The molecule has 0 unspecified atom stereocenters. The summed E-state index contributed by atoms with van der Waals surface area (Å²) in [6.45, 7) is 3.07. The fourth-order valence-corrected chi connectivity index (χ4v) is 4.57. The molecule has 7 nitrogen and oxygen atoms in total. The number of carbonyl (C=O) groups excluding carboxylic acids is 2. The topological polar surface area (TPSA) is 90.3 Å². The summed E-state index contributed by atoms with van der Waals surface area (Å²) in [6, 6.07) is 21.9. The Kier molecular flexibility index (Phi) is 8.30. The lowest BCUT2D eigenvalue weighted by molar-refractivity contribution is 0.0936. The van der Waals surface area contributed by atoms with Crippen LogP contribution in [0.25, 0.3) is 10.9 Å². The largest absolute Gasteiger partial charge is 0.383 e. The second-order valence-corrected chi connectivity index (χ2v) is 9.27. The summed E-state index contributed by atoms with van der Waals surface area (Å²) in [5, 5.41) is 3.61. The number of ether oxygens (including phenoxy) is 1. The highest BCUT2D eigenvalue weighted by atomic mass is 32.2. The van der Waals surface area contributed by atoms with Crippen LogP contribution in [0.5, 0.6) is 0 Å². The lowest BCUT2D eigenvalue weighted by Crippen LogP contribution is -2.27. The third kappa shape index (κ3) is 6.08. The summed E-state index contributed by atoms with van der Waals surface area (Å²) < 4.78 is 6.56. The second kappa shape index (κ2) is 11.8. The summed E-state index contributed by atoms with van der Waals surface area (Å²) in [6.07, 6.45) is 0. The van der Waals surface area contributed by atoms with Gasteiger partial charge in [0.05, 0.1) is 29.8 Å². The number of hydrogen-bond acceptors (Lipinski definition) is 6. The van der Waals surface area contributed by atoms with E-state index in [9.17, 15) is 14.4 Å². The first-order valence-corrected chi connectivity index (χ1v) is 12.5. The van der Waals surface area contributed by atoms with Crippen LogP contribution in [0.1, 0.15) is 31.8 Å². The highest BCUT2D eigenvalue weighted by molar-refractivity contribution is 7.99. The number of carbonyl (C=O) groups is 2. The smallest absolute Gasteiger partial charge is 0.262 e. The van der Waals surface area contributed by atoms with Gasteiger partial charge in [-0.15, -0.1) is 0 Å². The Balaban J connectivity index is 1.68. The van der Waals surface area contributed by atoms with Gasteiger partial charge in [-0.25, -0.2) is 4.98 Å². The van der Waals surface area contributed by atoms with Gasteiger partial charge >= 0.3 is 0 Å². The van der Waals surface area contributed by atoms with Crippen LogP contribution < -0.4 is 10.9 Å². The quantitative estimate of drug-likeness (QED) is 0.152. The van der Waals surface area contributed by atoms with Crippen LogP contribution in [0.15, 0.2) is 82.7 Å². The van der Waals surface area contributed by atoms with E-state index in [4.69, 9.17) is 9.72 Å². The maximum atomic E-state index is 13.5. The zero-order valence-electron chi connectivity index (χ0n) is 20.2. The molecule has 184 valence electrons. The van der Waals surface area contributed by atoms with Crippen LogP contribution in [-0.4, -0.2) is 47.3 Å². The molecule has 1 aromatic heterocycles. The minimum atomic E-state index is -0.270. The second-order valence-electron chi connectivity index (χ2n) is 8.33. The molecule has 0 atom stereocenters. The standard InChI is InChI=1S/C28H27N3O4S/c1-19-8-10-21(11-9-19)25(32)18-36-28-30-24-16-22(26(33)29-14-15-35-2)12-13-23(24)27(34)31(28)17-20-6-4-3-5-7-20/h3-13,16H,14-15,17-18H2,1-2H3,(H,29,33). The minimum absolute atomic E-state index is 0.0492. The van der Waals surface area contributed by atoms with Crippen LogP contribution in [0.2, 0.25) is 0 Å². The number of rotatable bonds is 10. The van der Waals surface area contributed by atoms with E-state index in [-0.39, 0.29) is 23.0 Å². The number of fused-ring (bicyclic) bond motifs is 1. The van der Waals surface area contributed by atoms with Crippen molar-refractivity contribution in [2.75, 3.05) is 26.0 Å². The molecule has 0 spiro atoms. The highest BCUT2D eigenvalue weighted by Crippen LogP contribution is 2.21. The fourth-order valence-electron chi connectivity index (χ4n) is 3.68. The number of nitrogens with one attached hydrogen (secondary N) is 1. The first-order chi connectivity index (χ1) is 17.5. The van der Waals surface area contributed by atoms with Gasteiger partial charge in [0.2, 0.25) is 0 Å². The van der Waals surface area contributed by atoms with E-state index in [1.807, 2.05) is 49.4 Å². The molecule has 1 heterocycles. The van der Waals surface area contributed by atoms with Crippen molar-refractivity contribution in [3.8, 4) is 0 Å². The summed E-state index contributed by atoms with van der Waals surface area (Å²) in [7, 11) is 1.56. The van der Waals surface area contributed by atoms with Crippen molar-refractivity contribution in [2.45, 2.75) is 18.6 Å². The molecule has 0 radical (unpaired) electrons. The van der Waals surface area contributed by atoms with Gasteiger partial charge < -0.3 is 10.1 Å². The number of thioether (sulfide) groups is 1. The van der Waals surface area contributed by atoms with Gasteiger partial charge in [0, 0.05) is 24.8 Å². The van der Waals surface area contributed by atoms with E-state index in [2.05, 4.69) is 5.32 Å². The van der Waals surface area contributed by atoms with Crippen LogP contribution in [0.3, 0.4) is 0 Å². The van der Waals surface area contributed by atoms with Crippen LogP contribution in [0, 0.1) is 6.92 Å². The lowest BCUT2D eigenvalue weighted by Gasteiger charge is -2.14. The summed E-state index contributed by atoms with van der Waals surface area (Å²) in [5.41, 5.74) is 3.23. The zero-order valence-corrected chi connectivity index (χ0v) is 21.0. The number of nitrogens with zero attached hydrogens (tertiary/aromatic N) is 2. The molecular formula is C28H27N3O4S. The lowest BCUT2D eigenvalue weighted by atomic mass is 10.1. The molecule has 4 aromatic rings. The molecular weight excluding hydrogens is 474 g/mol. The number of aryl methyl sites for hydroxylation is 1. The van der Waals surface area contributed by atoms with Crippen LogP contribution in [-0.2, 0) is 11.3 Å².